The van der Waals surface area contributed by atoms with Crippen LogP contribution in [0.5, 0.6) is 0 Å². The lowest BCUT2D eigenvalue weighted by Crippen LogP contribution is -2.44. The molecule has 0 saturated carbocycles. The predicted molar refractivity (Wildman–Crippen MR) is 96.3 cm³/mol. The van der Waals surface area contributed by atoms with Gasteiger partial charge in [0, 0.05) is 37.1 Å². The van der Waals surface area contributed by atoms with E-state index in [2.05, 4.69) is 0 Å². The van der Waals surface area contributed by atoms with Crippen molar-refractivity contribution in [2.24, 2.45) is 5.92 Å². The Morgan fingerprint density at radius 1 is 1.25 bits per heavy atom. The van der Waals surface area contributed by atoms with Crippen LogP contribution < -0.4 is 0 Å². The van der Waals surface area contributed by atoms with Crippen molar-refractivity contribution in [2.45, 2.75) is 32.4 Å². The molecule has 1 amide bonds. The van der Waals surface area contributed by atoms with Crippen molar-refractivity contribution in [3.63, 3.8) is 0 Å². The SMILES string of the molecule is CCN(CC)C(=O)C1CCN(S(=O)(=O)Cc2cccc(Cl)c2)CC1. The second-order valence-corrected chi connectivity index (χ2v) is 8.48. The topological polar surface area (TPSA) is 57.7 Å². The molecule has 0 aliphatic carbocycles. The van der Waals surface area contributed by atoms with Crippen molar-refractivity contribution in [2.75, 3.05) is 26.2 Å². The molecule has 0 radical (unpaired) electrons. The number of halogens is 1. The number of piperidine rings is 1. The summed E-state index contributed by atoms with van der Waals surface area (Å²) in [6.07, 6.45) is 1.17. The number of sulfonamides is 1. The Morgan fingerprint density at radius 3 is 2.42 bits per heavy atom. The first kappa shape index (κ1) is 19.2. The first-order chi connectivity index (χ1) is 11.4. The van der Waals surface area contributed by atoms with E-state index in [1.54, 1.807) is 24.3 Å². The van der Waals surface area contributed by atoms with Gasteiger partial charge in [0.25, 0.3) is 0 Å². The Bertz CT molecular complexity index is 666. The van der Waals surface area contributed by atoms with E-state index in [1.165, 1.54) is 4.31 Å². The second kappa shape index (κ2) is 8.32. The Kier molecular flexibility index (Phi) is 6.66. The Hall–Kier alpha value is -1.11. The number of hydrogen-bond donors (Lipinski definition) is 0. The zero-order valence-electron chi connectivity index (χ0n) is 14.2. The molecule has 5 nitrogen and oxygen atoms in total. The fourth-order valence-electron chi connectivity index (χ4n) is 3.10. The van der Waals surface area contributed by atoms with E-state index in [0.717, 1.165) is 0 Å². The lowest BCUT2D eigenvalue weighted by atomic mass is 9.96. The number of carbonyl (C=O) groups is 1. The number of nitrogens with zero attached hydrogens (tertiary/aromatic N) is 2. The summed E-state index contributed by atoms with van der Waals surface area (Å²) in [6, 6.07) is 6.92. The van der Waals surface area contributed by atoms with Crippen LogP contribution in [0.15, 0.2) is 24.3 Å². The van der Waals surface area contributed by atoms with Gasteiger partial charge in [0.1, 0.15) is 0 Å². The molecule has 1 aliphatic rings. The van der Waals surface area contributed by atoms with Gasteiger partial charge in [-0.1, -0.05) is 23.7 Å². The van der Waals surface area contributed by atoms with Gasteiger partial charge in [0.05, 0.1) is 5.75 Å². The van der Waals surface area contributed by atoms with E-state index in [4.69, 9.17) is 11.6 Å². The van der Waals surface area contributed by atoms with Crippen LogP contribution in [0.1, 0.15) is 32.3 Å². The molecule has 1 fully saturated rings. The van der Waals surface area contributed by atoms with Gasteiger partial charge in [-0.2, -0.15) is 0 Å². The minimum absolute atomic E-state index is 0.0534. The van der Waals surface area contributed by atoms with Gasteiger partial charge in [-0.05, 0) is 44.4 Å². The highest BCUT2D eigenvalue weighted by atomic mass is 35.5. The third kappa shape index (κ3) is 4.71. The highest BCUT2D eigenvalue weighted by Gasteiger charge is 2.32. The van der Waals surface area contributed by atoms with E-state index in [-0.39, 0.29) is 17.6 Å². The first-order valence-corrected chi connectivity index (χ1v) is 10.4. The van der Waals surface area contributed by atoms with Crippen molar-refractivity contribution in [1.29, 1.82) is 0 Å². The van der Waals surface area contributed by atoms with Crippen molar-refractivity contribution in [1.82, 2.24) is 9.21 Å². The number of benzene rings is 1. The zero-order chi connectivity index (χ0) is 17.7. The number of carbonyl (C=O) groups excluding carboxylic acids is 1. The Balaban J connectivity index is 1.97. The molecule has 0 spiro atoms. The molecule has 134 valence electrons. The Labute approximate surface area is 149 Å². The summed E-state index contributed by atoms with van der Waals surface area (Å²) in [6.45, 7) is 6.13. The van der Waals surface area contributed by atoms with E-state index < -0.39 is 10.0 Å². The fraction of sp³-hybridized carbons (Fsp3) is 0.588. The second-order valence-electron chi connectivity index (χ2n) is 6.07. The van der Waals surface area contributed by atoms with Crippen molar-refractivity contribution < 1.29 is 13.2 Å². The van der Waals surface area contributed by atoms with Gasteiger partial charge in [0.2, 0.25) is 15.9 Å². The van der Waals surface area contributed by atoms with E-state index in [9.17, 15) is 13.2 Å². The summed E-state index contributed by atoms with van der Waals surface area (Å²) < 4.78 is 26.7. The van der Waals surface area contributed by atoms with Gasteiger partial charge >= 0.3 is 0 Å². The molecule has 0 bridgehead atoms. The molecule has 0 aromatic heterocycles. The quantitative estimate of drug-likeness (QED) is 0.771. The van der Waals surface area contributed by atoms with Crippen LogP contribution in [-0.2, 0) is 20.6 Å². The van der Waals surface area contributed by atoms with E-state index in [0.29, 0.717) is 49.6 Å². The third-order valence-electron chi connectivity index (χ3n) is 4.51. The first-order valence-electron chi connectivity index (χ1n) is 8.38. The van der Waals surface area contributed by atoms with Crippen molar-refractivity contribution in [3.8, 4) is 0 Å². The maximum atomic E-state index is 12.6. The molecule has 0 atom stereocenters. The highest BCUT2D eigenvalue weighted by molar-refractivity contribution is 7.88. The van der Waals surface area contributed by atoms with Gasteiger partial charge < -0.3 is 4.90 Å². The van der Waals surface area contributed by atoms with Crippen LogP contribution in [0.2, 0.25) is 5.02 Å². The number of rotatable bonds is 6. The van der Waals surface area contributed by atoms with Crippen LogP contribution in [0, 0.1) is 5.92 Å². The minimum Gasteiger partial charge on any atom is -0.343 e. The number of amides is 1. The predicted octanol–water partition coefficient (Wildman–Crippen LogP) is 2.75. The van der Waals surface area contributed by atoms with Crippen LogP contribution in [0.25, 0.3) is 0 Å². The summed E-state index contributed by atoms with van der Waals surface area (Å²) >= 11 is 5.92. The average Bonchev–Trinajstić information content (AvgIpc) is 2.55. The van der Waals surface area contributed by atoms with Crippen molar-refractivity contribution in [3.05, 3.63) is 34.9 Å². The molecular formula is C17H25ClN2O3S. The maximum Gasteiger partial charge on any atom is 0.225 e. The normalized spacial score (nSPS) is 17.0. The molecule has 24 heavy (non-hydrogen) atoms. The van der Waals surface area contributed by atoms with Gasteiger partial charge in [-0.3, -0.25) is 4.79 Å². The summed E-state index contributed by atoms with van der Waals surface area (Å²) in [5.74, 6) is 0.0248. The zero-order valence-corrected chi connectivity index (χ0v) is 15.8. The molecule has 1 heterocycles. The Morgan fingerprint density at radius 2 is 1.88 bits per heavy atom. The van der Waals surface area contributed by atoms with Crippen LogP contribution in [0.4, 0.5) is 0 Å². The molecule has 1 aromatic rings. The van der Waals surface area contributed by atoms with Crippen molar-refractivity contribution >= 4 is 27.5 Å². The molecular weight excluding hydrogens is 348 g/mol. The lowest BCUT2D eigenvalue weighted by molar-refractivity contribution is -0.136. The molecule has 1 saturated heterocycles. The lowest BCUT2D eigenvalue weighted by Gasteiger charge is -2.33. The molecule has 7 heteroatoms. The monoisotopic (exact) mass is 372 g/mol. The average molecular weight is 373 g/mol. The smallest absolute Gasteiger partial charge is 0.225 e. The van der Waals surface area contributed by atoms with Gasteiger partial charge in [-0.15, -0.1) is 0 Å². The maximum absolute atomic E-state index is 12.6. The third-order valence-corrected chi connectivity index (χ3v) is 6.59. The van der Waals surface area contributed by atoms with Crippen LogP contribution in [-0.4, -0.2) is 49.7 Å². The van der Waals surface area contributed by atoms with Crippen LogP contribution >= 0.6 is 11.6 Å². The molecule has 1 aliphatic heterocycles. The van der Waals surface area contributed by atoms with E-state index >= 15 is 0 Å². The minimum atomic E-state index is -3.38. The van der Waals surface area contributed by atoms with Crippen LogP contribution in [0.3, 0.4) is 0 Å². The summed E-state index contributed by atoms with van der Waals surface area (Å²) in [5, 5.41) is 0.534. The fourth-order valence-corrected chi connectivity index (χ4v) is 4.87. The summed E-state index contributed by atoms with van der Waals surface area (Å²) in [4.78, 5) is 14.2. The largest absolute Gasteiger partial charge is 0.343 e. The molecule has 1 aromatic carbocycles. The molecule has 0 unspecified atom stereocenters. The van der Waals surface area contributed by atoms with E-state index in [1.807, 2.05) is 18.7 Å². The number of hydrogen-bond acceptors (Lipinski definition) is 3. The molecule has 2 rings (SSSR count). The van der Waals surface area contributed by atoms with Gasteiger partial charge in [-0.25, -0.2) is 12.7 Å². The standard InChI is InChI=1S/C17H25ClN2O3S/c1-3-19(4-2)17(21)15-8-10-20(11-9-15)24(22,23)13-14-6-5-7-16(18)12-14/h5-7,12,15H,3-4,8-11,13H2,1-2H3. The highest BCUT2D eigenvalue weighted by Crippen LogP contribution is 2.24. The van der Waals surface area contributed by atoms with Gasteiger partial charge in [0.15, 0.2) is 0 Å². The summed E-state index contributed by atoms with van der Waals surface area (Å²) in [5.41, 5.74) is 0.684. The summed E-state index contributed by atoms with van der Waals surface area (Å²) in [7, 11) is -3.38. The molecule has 0 N–H and O–H groups in total.